The second-order valence-electron chi connectivity index (χ2n) is 9.15. The second kappa shape index (κ2) is 8.40. The number of carbonyl (C=O) groups is 2. The fourth-order valence-electron chi connectivity index (χ4n) is 4.34. The van der Waals surface area contributed by atoms with Crippen LogP contribution in [0.3, 0.4) is 0 Å². The first-order valence-corrected chi connectivity index (χ1v) is 13.1. The summed E-state index contributed by atoms with van der Waals surface area (Å²) in [4.78, 5) is 25.5. The molecular weight excluding hydrogens is 481 g/mol. The van der Waals surface area contributed by atoms with Gasteiger partial charge in [-0.25, -0.2) is 0 Å². The van der Waals surface area contributed by atoms with E-state index in [1.807, 2.05) is 36.9 Å². The van der Waals surface area contributed by atoms with E-state index in [0.717, 1.165) is 11.0 Å². The van der Waals surface area contributed by atoms with Crippen molar-refractivity contribution in [1.82, 2.24) is 15.0 Å². The second-order valence-corrected chi connectivity index (χ2v) is 11.4. The van der Waals surface area contributed by atoms with Crippen molar-refractivity contribution in [2.24, 2.45) is 5.92 Å². The number of fused-ring (bicyclic) bond motifs is 2. The molecule has 3 aromatic rings. The Morgan fingerprint density at radius 2 is 1.79 bits per heavy atom. The molecule has 168 valence electrons. The minimum atomic E-state index is -0.523. The van der Waals surface area contributed by atoms with E-state index in [1.165, 1.54) is 10.0 Å². The van der Waals surface area contributed by atoms with Crippen LogP contribution in [0.4, 0.5) is 0 Å². The molecule has 0 fully saturated rings. The van der Waals surface area contributed by atoms with Gasteiger partial charge in [-0.2, -0.15) is 0 Å². The number of rotatable bonds is 5. The van der Waals surface area contributed by atoms with Gasteiger partial charge in [0, 0.05) is 0 Å². The number of ketones is 2. The summed E-state index contributed by atoms with van der Waals surface area (Å²) in [7, 11) is 0. The summed E-state index contributed by atoms with van der Waals surface area (Å²) in [5.41, 5.74) is 3.31. The molecule has 1 aliphatic heterocycles. The molecule has 1 aromatic heterocycles. The van der Waals surface area contributed by atoms with E-state index in [0.29, 0.717) is 50.4 Å². The number of Topliss-reactive ketones (excluding diaryl/α,β-unsaturated/α-hetero) is 2. The summed E-state index contributed by atoms with van der Waals surface area (Å²) < 4.78 is 9.55. The van der Waals surface area contributed by atoms with Crippen LogP contribution in [0.25, 0.3) is 5.76 Å². The summed E-state index contributed by atoms with van der Waals surface area (Å²) in [6.45, 7) is 6.72. The number of benzene rings is 2. The topological polar surface area (TPSA) is 74.1 Å². The Morgan fingerprint density at radius 1 is 1.06 bits per heavy atom. The molecule has 2 aliphatic rings. The van der Waals surface area contributed by atoms with Gasteiger partial charge in [-0.05, 0) is 0 Å². The summed E-state index contributed by atoms with van der Waals surface area (Å²) >= 11 is 0.295. The average molecular weight is 506 g/mol. The van der Waals surface area contributed by atoms with E-state index in [-0.39, 0.29) is 5.92 Å². The van der Waals surface area contributed by atoms with Crippen LogP contribution in [0.5, 0.6) is 0 Å². The van der Waals surface area contributed by atoms with Crippen LogP contribution >= 0.6 is 0 Å². The number of allylic oxidation sites excluding steroid dienone is 1. The van der Waals surface area contributed by atoms with Crippen LogP contribution < -0.4 is 4.46 Å². The van der Waals surface area contributed by atoms with Crippen LogP contribution in [0.1, 0.15) is 47.4 Å². The van der Waals surface area contributed by atoms with Crippen molar-refractivity contribution < 1.29 is 14.3 Å². The van der Waals surface area contributed by atoms with Crippen molar-refractivity contribution in [1.29, 1.82) is 0 Å². The third kappa shape index (κ3) is 4.19. The van der Waals surface area contributed by atoms with Crippen molar-refractivity contribution >= 4 is 36.7 Å². The zero-order valence-electron chi connectivity index (χ0n) is 18.9. The summed E-state index contributed by atoms with van der Waals surface area (Å²) in [5, 5.41) is 9.56. The van der Waals surface area contributed by atoms with Crippen molar-refractivity contribution in [2.45, 2.75) is 44.7 Å². The maximum atomic E-state index is 12.9. The zero-order chi connectivity index (χ0) is 23.2. The first kappa shape index (κ1) is 21.8. The first-order valence-electron chi connectivity index (χ1n) is 11.0. The standard InChI is InChI=1S/C26H25N3O3Se/c1-16-8-10-19(11-9-16)33-15-18-14-29(28-27-18)13-17-12-22-24(31)23(30)20-6-4-5-7-21(20)25(22)32-26(17,2)3/h4-11,14,17H,12-13,15H2,1-3H3. The fourth-order valence-corrected chi connectivity index (χ4v) is 5.97. The molecule has 2 heterocycles. The number of carbonyl (C=O) groups excluding carboxylic acids is 2. The molecule has 0 N–H and O–H groups in total. The van der Waals surface area contributed by atoms with Gasteiger partial charge in [0.05, 0.1) is 0 Å². The molecule has 5 rings (SSSR count). The summed E-state index contributed by atoms with van der Waals surface area (Å²) in [5.74, 6) is -0.371. The Labute approximate surface area is 199 Å². The van der Waals surface area contributed by atoms with Crippen LogP contribution in [-0.2, 0) is 21.4 Å². The molecule has 1 aliphatic carbocycles. The Kier molecular flexibility index (Phi) is 5.55. The van der Waals surface area contributed by atoms with Crippen LogP contribution in [0.15, 0.2) is 60.3 Å². The Hall–Kier alpha value is -3.02. The maximum absolute atomic E-state index is 12.9. The molecule has 0 amide bonds. The molecule has 1 atom stereocenters. The molecule has 7 heteroatoms. The van der Waals surface area contributed by atoms with Crippen molar-refractivity contribution in [2.75, 3.05) is 0 Å². The van der Waals surface area contributed by atoms with Gasteiger partial charge in [-0.3, -0.25) is 0 Å². The van der Waals surface area contributed by atoms with E-state index < -0.39 is 17.2 Å². The van der Waals surface area contributed by atoms with Gasteiger partial charge in [0.15, 0.2) is 0 Å². The van der Waals surface area contributed by atoms with E-state index in [1.54, 1.807) is 12.1 Å². The monoisotopic (exact) mass is 507 g/mol. The average Bonchev–Trinajstić information content (AvgIpc) is 3.25. The number of ether oxygens (including phenoxy) is 1. The number of aromatic nitrogens is 3. The van der Waals surface area contributed by atoms with E-state index in [9.17, 15) is 9.59 Å². The van der Waals surface area contributed by atoms with Gasteiger partial charge < -0.3 is 0 Å². The Morgan fingerprint density at radius 3 is 2.55 bits per heavy atom. The van der Waals surface area contributed by atoms with Crippen molar-refractivity contribution in [3.8, 4) is 0 Å². The SMILES string of the molecule is Cc1ccc([Se]Cc2cn(CC3CC4=C(OC3(C)C)c3ccccc3C(=O)C4=O)nn2)cc1. The van der Waals surface area contributed by atoms with Crippen LogP contribution in [-0.4, -0.2) is 47.1 Å². The Bertz CT molecular complexity index is 1270. The molecular formula is C26H25N3O3Se. The number of aryl methyl sites for hydroxylation is 1. The van der Waals surface area contributed by atoms with E-state index >= 15 is 0 Å². The van der Waals surface area contributed by atoms with E-state index in [4.69, 9.17) is 4.74 Å². The van der Waals surface area contributed by atoms with Gasteiger partial charge in [0.1, 0.15) is 0 Å². The molecule has 1 unspecified atom stereocenters. The summed E-state index contributed by atoms with van der Waals surface area (Å²) in [6, 6.07) is 15.8. The predicted octanol–water partition coefficient (Wildman–Crippen LogP) is 3.11. The molecule has 6 nitrogen and oxygen atoms in total. The molecule has 0 radical (unpaired) electrons. The minimum absolute atomic E-state index is 0.0181. The normalized spacial score (nSPS) is 19.2. The quantitative estimate of drug-likeness (QED) is 0.393. The predicted molar refractivity (Wildman–Crippen MR) is 126 cm³/mol. The first-order chi connectivity index (χ1) is 15.8. The van der Waals surface area contributed by atoms with Crippen LogP contribution in [0.2, 0.25) is 0 Å². The van der Waals surface area contributed by atoms with Gasteiger partial charge in [0.2, 0.25) is 0 Å². The van der Waals surface area contributed by atoms with Crippen LogP contribution in [0, 0.1) is 12.8 Å². The Balaban J connectivity index is 1.33. The molecule has 2 aromatic carbocycles. The zero-order valence-corrected chi connectivity index (χ0v) is 20.6. The molecule has 0 saturated carbocycles. The van der Waals surface area contributed by atoms with Gasteiger partial charge >= 0.3 is 193 Å². The third-order valence-electron chi connectivity index (χ3n) is 6.37. The number of hydrogen-bond acceptors (Lipinski definition) is 5. The van der Waals surface area contributed by atoms with Gasteiger partial charge in [-0.1, -0.05) is 6.07 Å². The third-order valence-corrected chi connectivity index (χ3v) is 8.56. The van der Waals surface area contributed by atoms with E-state index in [2.05, 4.69) is 41.5 Å². The molecule has 0 saturated heterocycles. The van der Waals surface area contributed by atoms with Gasteiger partial charge in [0.25, 0.3) is 0 Å². The molecule has 0 bridgehead atoms. The molecule has 33 heavy (non-hydrogen) atoms. The number of nitrogens with zero attached hydrogens (tertiary/aromatic N) is 3. The number of hydrogen-bond donors (Lipinski definition) is 0. The fraction of sp³-hybridized carbons (Fsp3) is 0.308. The van der Waals surface area contributed by atoms with Gasteiger partial charge in [-0.15, -0.1) is 0 Å². The summed E-state index contributed by atoms with van der Waals surface area (Å²) in [6.07, 6.45) is 2.46. The van der Waals surface area contributed by atoms with Crippen molar-refractivity contribution in [3.05, 3.63) is 82.7 Å². The molecule has 0 spiro atoms. The van der Waals surface area contributed by atoms with Crippen molar-refractivity contribution in [3.63, 3.8) is 0 Å².